The average Bonchev–Trinajstić information content (AvgIpc) is 2.22. The van der Waals surface area contributed by atoms with Crippen LogP contribution in [0.3, 0.4) is 0 Å². The van der Waals surface area contributed by atoms with Gasteiger partial charge in [0.2, 0.25) is 0 Å². The fourth-order valence-corrected chi connectivity index (χ4v) is 2.03. The number of carboxylic acids is 1. The Balaban J connectivity index is 1.93. The van der Waals surface area contributed by atoms with Gasteiger partial charge in [-0.05, 0) is 13.8 Å². The number of hydrogen-bond donors (Lipinski definition) is 2. The molecule has 18 heavy (non-hydrogen) atoms. The quantitative estimate of drug-likeness (QED) is 0.817. The molecule has 0 amide bonds. The molecule has 98 valence electrons. The summed E-state index contributed by atoms with van der Waals surface area (Å²) in [5, 5.41) is 11.9. The van der Waals surface area contributed by atoms with Gasteiger partial charge in [0, 0.05) is 31.1 Å². The molecule has 0 radical (unpaired) electrons. The van der Waals surface area contributed by atoms with E-state index in [9.17, 15) is 4.79 Å². The van der Waals surface area contributed by atoms with Crippen LogP contribution in [0.1, 0.15) is 20.3 Å². The van der Waals surface area contributed by atoms with E-state index in [4.69, 9.17) is 5.11 Å². The summed E-state index contributed by atoms with van der Waals surface area (Å²) in [4.78, 5) is 21.0. The molecular weight excluding hydrogens is 232 g/mol. The number of rotatable bonds is 5. The second-order valence-corrected chi connectivity index (χ2v) is 4.93. The van der Waals surface area contributed by atoms with Crippen molar-refractivity contribution in [2.75, 3.05) is 23.3 Å². The second-order valence-electron chi connectivity index (χ2n) is 4.93. The molecule has 0 spiro atoms. The minimum Gasteiger partial charge on any atom is -0.481 e. The highest BCUT2D eigenvalue weighted by Gasteiger charge is 2.29. The second kappa shape index (κ2) is 5.20. The Kier molecular flexibility index (Phi) is 3.64. The predicted octanol–water partition coefficient (Wildman–Crippen LogP) is 1.21. The van der Waals surface area contributed by atoms with Gasteiger partial charge in [0.25, 0.3) is 0 Å². The highest BCUT2D eigenvalue weighted by molar-refractivity contribution is 5.67. The molecule has 2 heterocycles. The lowest BCUT2D eigenvalue weighted by atomic mass is 9.96. The van der Waals surface area contributed by atoms with E-state index in [1.54, 1.807) is 0 Å². The van der Waals surface area contributed by atoms with Gasteiger partial charge < -0.3 is 15.3 Å². The fraction of sp³-hybridized carbons (Fsp3) is 0.583. The van der Waals surface area contributed by atoms with Crippen molar-refractivity contribution in [1.82, 2.24) is 9.97 Å². The average molecular weight is 250 g/mol. The Morgan fingerprint density at radius 1 is 1.56 bits per heavy atom. The Bertz CT molecular complexity index is 430. The summed E-state index contributed by atoms with van der Waals surface area (Å²) >= 11 is 0. The Labute approximate surface area is 106 Å². The normalized spacial score (nSPS) is 15.6. The molecule has 1 aliphatic rings. The molecule has 0 unspecified atom stereocenters. The third kappa shape index (κ3) is 3.09. The molecule has 1 aromatic heterocycles. The summed E-state index contributed by atoms with van der Waals surface area (Å²) < 4.78 is 0. The lowest BCUT2D eigenvalue weighted by Gasteiger charge is -2.39. The zero-order valence-corrected chi connectivity index (χ0v) is 10.6. The molecule has 2 N–H and O–H groups in total. The van der Waals surface area contributed by atoms with Gasteiger partial charge in [0.05, 0.1) is 6.42 Å². The van der Waals surface area contributed by atoms with Gasteiger partial charge >= 0.3 is 5.97 Å². The molecule has 2 rings (SSSR count). The highest BCUT2D eigenvalue weighted by Crippen LogP contribution is 2.25. The number of nitrogens with zero attached hydrogens (tertiary/aromatic N) is 3. The molecule has 0 bridgehead atoms. The van der Waals surface area contributed by atoms with Crippen LogP contribution in [0.25, 0.3) is 0 Å². The number of anilines is 2. The van der Waals surface area contributed by atoms with Crippen molar-refractivity contribution in [3.63, 3.8) is 0 Å². The molecule has 0 atom stereocenters. The van der Waals surface area contributed by atoms with Crippen molar-refractivity contribution in [3.05, 3.63) is 12.4 Å². The first-order valence-corrected chi connectivity index (χ1v) is 6.10. The third-order valence-corrected chi connectivity index (χ3v) is 2.83. The number of aliphatic carboxylic acids is 1. The minimum atomic E-state index is -0.732. The van der Waals surface area contributed by atoms with Crippen molar-refractivity contribution in [2.45, 2.75) is 26.3 Å². The van der Waals surface area contributed by atoms with Crippen molar-refractivity contribution < 1.29 is 9.90 Å². The summed E-state index contributed by atoms with van der Waals surface area (Å²) in [7, 11) is 0. The molecule has 6 nitrogen and oxygen atoms in total. The van der Waals surface area contributed by atoms with E-state index < -0.39 is 5.97 Å². The van der Waals surface area contributed by atoms with Crippen LogP contribution < -0.4 is 10.2 Å². The van der Waals surface area contributed by atoms with Gasteiger partial charge in [-0.2, -0.15) is 0 Å². The van der Waals surface area contributed by atoms with Gasteiger partial charge in [-0.3, -0.25) is 4.79 Å². The number of aromatic nitrogens is 2. The number of nitrogens with one attached hydrogen (secondary N) is 1. The third-order valence-electron chi connectivity index (χ3n) is 2.83. The summed E-state index contributed by atoms with van der Waals surface area (Å²) in [5.41, 5.74) is 0. The van der Waals surface area contributed by atoms with Crippen LogP contribution in [0.15, 0.2) is 12.4 Å². The van der Waals surface area contributed by atoms with E-state index in [0.717, 1.165) is 24.7 Å². The van der Waals surface area contributed by atoms with Crippen molar-refractivity contribution in [1.29, 1.82) is 0 Å². The van der Waals surface area contributed by atoms with E-state index in [1.165, 1.54) is 6.33 Å². The van der Waals surface area contributed by atoms with E-state index in [1.807, 2.05) is 19.9 Å². The van der Waals surface area contributed by atoms with Crippen LogP contribution >= 0.6 is 0 Å². The van der Waals surface area contributed by atoms with Gasteiger partial charge in [-0.25, -0.2) is 9.97 Å². The number of hydrogen-bond acceptors (Lipinski definition) is 5. The predicted molar refractivity (Wildman–Crippen MR) is 68.7 cm³/mol. The van der Waals surface area contributed by atoms with Crippen LogP contribution in [0.2, 0.25) is 0 Å². The van der Waals surface area contributed by atoms with E-state index in [-0.39, 0.29) is 12.3 Å². The van der Waals surface area contributed by atoms with Gasteiger partial charge in [0.15, 0.2) is 0 Å². The van der Waals surface area contributed by atoms with Gasteiger partial charge in [0.1, 0.15) is 18.0 Å². The lowest BCUT2D eigenvalue weighted by Crippen LogP contribution is -2.48. The van der Waals surface area contributed by atoms with Crippen LogP contribution in [0, 0.1) is 5.92 Å². The molecule has 6 heteroatoms. The molecule has 0 aromatic carbocycles. The van der Waals surface area contributed by atoms with Crippen LogP contribution in [0.5, 0.6) is 0 Å². The Morgan fingerprint density at radius 2 is 2.28 bits per heavy atom. The topological polar surface area (TPSA) is 78.4 Å². The Hall–Kier alpha value is -1.85. The lowest BCUT2D eigenvalue weighted by molar-refractivity contribution is -0.138. The first-order chi connectivity index (χ1) is 8.54. The monoisotopic (exact) mass is 250 g/mol. The van der Waals surface area contributed by atoms with E-state index in [0.29, 0.717) is 6.04 Å². The maximum Gasteiger partial charge on any atom is 0.303 e. The van der Waals surface area contributed by atoms with Gasteiger partial charge in [-0.15, -0.1) is 0 Å². The summed E-state index contributed by atoms with van der Waals surface area (Å²) in [6, 6.07) is 2.22. The van der Waals surface area contributed by atoms with Gasteiger partial charge in [-0.1, -0.05) is 0 Å². The van der Waals surface area contributed by atoms with E-state index >= 15 is 0 Å². The molecule has 1 aromatic rings. The van der Waals surface area contributed by atoms with Crippen molar-refractivity contribution in [3.8, 4) is 0 Å². The molecular formula is C12H18N4O2. The smallest absolute Gasteiger partial charge is 0.303 e. The SMILES string of the molecule is CC(C)Nc1cc(N2CC(CC(=O)O)C2)ncn1. The Morgan fingerprint density at radius 3 is 2.89 bits per heavy atom. The minimum absolute atomic E-state index is 0.235. The molecule has 0 aliphatic carbocycles. The highest BCUT2D eigenvalue weighted by atomic mass is 16.4. The van der Waals surface area contributed by atoms with Crippen molar-refractivity contribution >= 4 is 17.6 Å². The van der Waals surface area contributed by atoms with E-state index in [2.05, 4.69) is 20.2 Å². The maximum atomic E-state index is 10.6. The molecule has 1 fully saturated rings. The summed E-state index contributed by atoms with van der Waals surface area (Å²) in [6.45, 7) is 5.61. The number of carbonyl (C=O) groups is 1. The molecule has 0 saturated carbocycles. The zero-order chi connectivity index (χ0) is 13.1. The zero-order valence-electron chi connectivity index (χ0n) is 10.6. The van der Waals surface area contributed by atoms with Crippen LogP contribution in [-0.4, -0.2) is 40.2 Å². The van der Waals surface area contributed by atoms with Crippen LogP contribution in [0.4, 0.5) is 11.6 Å². The fourth-order valence-electron chi connectivity index (χ4n) is 2.03. The molecule has 1 aliphatic heterocycles. The van der Waals surface area contributed by atoms with Crippen LogP contribution in [-0.2, 0) is 4.79 Å². The first-order valence-electron chi connectivity index (χ1n) is 6.10. The van der Waals surface area contributed by atoms with Crippen molar-refractivity contribution in [2.24, 2.45) is 5.92 Å². The summed E-state index contributed by atoms with van der Waals surface area (Å²) in [6.07, 6.45) is 1.77. The first kappa shape index (κ1) is 12.6. The maximum absolute atomic E-state index is 10.6. The molecule has 1 saturated heterocycles. The number of carboxylic acid groups (broad SMARTS) is 1. The standard InChI is InChI=1S/C12H18N4O2/c1-8(2)15-10-4-11(14-7-13-10)16-5-9(6-16)3-12(17)18/h4,7-9H,3,5-6H2,1-2H3,(H,17,18)(H,13,14,15). The largest absolute Gasteiger partial charge is 0.481 e. The summed E-state index contributed by atoms with van der Waals surface area (Å²) in [5.74, 6) is 1.16.